The second kappa shape index (κ2) is 10.7. The molecule has 0 amide bonds. The second-order valence-corrected chi connectivity index (χ2v) is 6.57. The van der Waals surface area contributed by atoms with Gasteiger partial charge in [0.25, 0.3) is 0 Å². The molecule has 2 aromatic rings. The van der Waals surface area contributed by atoms with E-state index in [0.29, 0.717) is 18.0 Å². The minimum Gasteiger partial charge on any atom is -0.496 e. The minimum absolute atomic E-state index is 0.593. The highest BCUT2D eigenvalue weighted by atomic mass is 79.9. The first kappa shape index (κ1) is 20.9. The summed E-state index contributed by atoms with van der Waals surface area (Å²) in [6.45, 7) is 1.34. The van der Waals surface area contributed by atoms with Crippen LogP contribution >= 0.6 is 15.9 Å². The van der Waals surface area contributed by atoms with Gasteiger partial charge >= 0.3 is 0 Å². The van der Waals surface area contributed by atoms with Crippen molar-refractivity contribution in [3.8, 4) is 17.2 Å². The van der Waals surface area contributed by atoms with Crippen LogP contribution in [0.1, 0.15) is 11.1 Å². The smallest absolute Gasteiger partial charge is 0.191 e. The van der Waals surface area contributed by atoms with Gasteiger partial charge in [0.15, 0.2) is 17.5 Å². The third kappa shape index (κ3) is 5.79. The van der Waals surface area contributed by atoms with Crippen molar-refractivity contribution in [2.24, 2.45) is 4.99 Å². The molecular formula is C20H26BrN3O3. The van der Waals surface area contributed by atoms with Crippen LogP contribution in [0.5, 0.6) is 17.2 Å². The normalized spacial score (nSPS) is 11.1. The molecule has 0 aliphatic carbocycles. The summed E-state index contributed by atoms with van der Waals surface area (Å²) in [5.41, 5.74) is 2.20. The fraction of sp³-hybridized carbons (Fsp3) is 0.350. The molecule has 2 aromatic carbocycles. The molecule has 6 nitrogen and oxygen atoms in total. The molecule has 146 valence electrons. The van der Waals surface area contributed by atoms with Gasteiger partial charge in [0.2, 0.25) is 0 Å². The fourth-order valence-corrected chi connectivity index (χ4v) is 3.12. The lowest BCUT2D eigenvalue weighted by Crippen LogP contribution is -2.38. The third-order valence-corrected chi connectivity index (χ3v) is 4.84. The number of rotatable bonds is 8. The molecule has 7 heteroatoms. The summed E-state index contributed by atoms with van der Waals surface area (Å²) in [6.07, 6.45) is 0.838. The lowest BCUT2D eigenvalue weighted by atomic mass is 10.1. The number of ether oxygens (including phenoxy) is 3. The Labute approximate surface area is 169 Å². The first-order chi connectivity index (χ1) is 13.1. The zero-order valence-corrected chi connectivity index (χ0v) is 17.7. The molecule has 0 saturated heterocycles. The van der Waals surface area contributed by atoms with E-state index in [1.165, 1.54) is 0 Å². The van der Waals surface area contributed by atoms with Crippen molar-refractivity contribution >= 4 is 21.9 Å². The predicted octanol–water partition coefficient (Wildman–Crippen LogP) is 3.38. The summed E-state index contributed by atoms with van der Waals surface area (Å²) in [5, 5.41) is 6.63. The molecule has 0 fully saturated rings. The predicted molar refractivity (Wildman–Crippen MR) is 112 cm³/mol. The average Bonchev–Trinajstić information content (AvgIpc) is 2.71. The van der Waals surface area contributed by atoms with Gasteiger partial charge in [0, 0.05) is 24.6 Å². The maximum Gasteiger partial charge on any atom is 0.191 e. The number of aliphatic imine (C=N–C) groups is 1. The molecule has 0 heterocycles. The van der Waals surface area contributed by atoms with Crippen molar-refractivity contribution in [2.75, 3.05) is 34.9 Å². The minimum atomic E-state index is 0.593. The number of benzene rings is 2. The summed E-state index contributed by atoms with van der Waals surface area (Å²) >= 11 is 3.57. The van der Waals surface area contributed by atoms with Crippen LogP contribution in [0.3, 0.4) is 0 Å². The van der Waals surface area contributed by atoms with Gasteiger partial charge in [-0.2, -0.15) is 0 Å². The van der Waals surface area contributed by atoms with Crippen molar-refractivity contribution < 1.29 is 14.2 Å². The summed E-state index contributed by atoms with van der Waals surface area (Å²) in [5.74, 6) is 3.01. The Morgan fingerprint density at radius 1 is 0.926 bits per heavy atom. The van der Waals surface area contributed by atoms with Crippen LogP contribution in [0.15, 0.2) is 45.9 Å². The van der Waals surface area contributed by atoms with Crippen LogP contribution < -0.4 is 24.8 Å². The van der Waals surface area contributed by atoms with Crippen molar-refractivity contribution in [3.05, 3.63) is 52.0 Å². The van der Waals surface area contributed by atoms with Crippen molar-refractivity contribution in [2.45, 2.75) is 13.0 Å². The number of guanidine groups is 1. The summed E-state index contributed by atoms with van der Waals surface area (Å²) in [4.78, 5) is 4.27. The molecule has 0 radical (unpaired) electrons. The first-order valence-corrected chi connectivity index (χ1v) is 9.39. The molecule has 0 saturated carbocycles. The van der Waals surface area contributed by atoms with E-state index in [2.05, 4.69) is 37.6 Å². The van der Waals surface area contributed by atoms with E-state index in [9.17, 15) is 0 Å². The molecule has 0 aliphatic rings. The van der Waals surface area contributed by atoms with Crippen molar-refractivity contribution in [3.63, 3.8) is 0 Å². The number of hydrogen-bond acceptors (Lipinski definition) is 4. The second-order valence-electron chi connectivity index (χ2n) is 5.71. The molecule has 0 aliphatic heterocycles. The Morgan fingerprint density at radius 3 is 2.26 bits per heavy atom. The van der Waals surface area contributed by atoms with E-state index in [1.807, 2.05) is 30.3 Å². The van der Waals surface area contributed by atoms with Crippen molar-refractivity contribution in [1.82, 2.24) is 10.6 Å². The van der Waals surface area contributed by atoms with Crippen LogP contribution in [0.25, 0.3) is 0 Å². The molecular weight excluding hydrogens is 410 g/mol. The lowest BCUT2D eigenvalue weighted by molar-refractivity contribution is 0.354. The van der Waals surface area contributed by atoms with Gasteiger partial charge < -0.3 is 24.8 Å². The monoisotopic (exact) mass is 435 g/mol. The number of nitrogens with zero attached hydrogens (tertiary/aromatic N) is 1. The van der Waals surface area contributed by atoms with E-state index >= 15 is 0 Å². The average molecular weight is 436 g/mol. The molecule has 0 atom stereocenters. The van der Waals surface area contributed by atoms with Crippen molar-refractivity contribution in [1.29, 1.82) is 0 Å². The topological polar surface area (TPSA) is 64.1 Å². The highest BCUT2D eigenvalue weighted by Crippen LogP contribution is 2.33. The molecule has 0 unspecified atom stereocenters. The van der Waals surface area contributed by atoms with Crippen LogP contribution in [0.4, 0.5) is 0 Å². The number of methoxy groups -OCH3 is 3. The van der Waals surface area contributed by atoms with E-state index < -0.39 is 0 Å². The van der Waals surface area contributed by atoms with E-state index in [0.717, 1.165) is 40.3 Å². The Bertz CT molecular complexity index is 781. The Balaban J connectivity index is 1.92. The quantitative estimate of drug-likeness (QED) is 0.491. The summed E-state index contributed by atoms with van der Waals surface area (Å²) in [6, 6.07) is 11.9. The number of para-hydroxylation sites is 1. The third-order valence-electron chi connectivity index (χ3n) is 4.10. The van der Waals surface area contributed by atoms with Crippen LogP contribution in [-0.4, -0.2) is 40.9 Å². The van der Waals surface area contributed by atoms with Gasteiger partial charge in [-0.1, -0.05) is 34.1 Å². The van der Waals surface area contributed by atoms with Gasteiger partial charge in [0.1, 0.15) is 5.75 Å². The molecule has 0 bridgehead atoms. The molecule has 27 heavy (non-hydrogen) atoms. The van der Waals surface area contributed by atoms with Gasteiger partial charge in [-0.05, 0) is 35.7 Å². The Morgan fingerprint density at radius 2 is 1.59 bits per heavy atom. The number of hydrogen-bond donors (Lipinski definition) is 2. The van der Waals surface area contributed by atoms with Gasteiger partial charge in [-0.15, -0.1) is 0 Å². The number of nitrogens with one attached hydrogen (secondary N) is 2. The summed E-state index contributed by atoms with van der Waals surface area (Å²) in [7, 11) is 6.69. The van der Waals surface area contributed by atoms with E-state index in [1.54, 1.807) is 28.4 Å². The highest BCUT2D eigenvalue weighted by molar-refractivity contribution is 9.10. The number of halogens is 1. The summed E-state index contributed by atoms with van der Waals surface area (Å²) < 4.78 is 17.0. The largest absolute Gasteiger partial charge is 0.496 e. The van der Waals surface area contributed by atoms with Crippen LogP contribution in [0.2, 0.25) is 0 Å². The molecule has 0 aromatic heterocycles. The zero-order valence-electron chi connectivity index (χ0n) is 16.1. The standard InChI is InChI=1S/C20H26BrN3O3/c1-22-20(23-10-9-14-7-5-6-8-17(14)25-2)24-13-15-11-18(26-3)19(27-4)12-16(15)21/h5-8,11-12H,9-10,13H2,1-4H3,(H2,22,23,24). The van der Waals surface area contributed by atoms with Crippen LogP contribution in [-0.2, 0) is 13.0 Å². The zero-order chi connectivity index (χ0) is 19.6. The highest BCUT2D eigenvalue weighted by Gasteiger charge is 2.10. The van der Waals surface area contributed by atoms with E-state index in [4.69, 9.17) is 14.2 Å². The van der Waals surface area contributed by atoms with Crippen LogP contribution in [0, 0.1) is 0 Å². The Kier molecular flexibility index (Phi) is 8.26. The first-order valence-electron chi connectivity index (χ1n) is 8.59. The SMILES string of the molecule is CN=C(NCCc1ccccc1OC)NCc1cc(OC)c(OC)cc1Br. The van der Waals surface area contributed by atoms with E-state index in [-0.39, 0.29) is 0 Å². The Hall–Kier alpha value is -2.41. The maximum absolute atomic E-state index is 5.39. The van der Waals surface area contributed by atoms with Gasteiger partial charge in [-0.3, -0.25) is 4.99 Å². The van der Waals surface area contributed by atoms with Gasteiger partial charge in [0.05, 0.1) is 21.3 Å². The van der Waals surface area contributed by atoms with Gasteiger partial charge in [-0.25, -0.2) is 0 Å². The maximum atomic E-state index is 5.39. The molecule has 0 spiro atoms. The molecule has 2 rings (SSSR count). The molecule has 2 N–H and O–H groups in total. The lowest BCUT2D eigenvalue weighted by Gasteiger charge is -2.15. The fourth-order valence-electron chi connectivity index (χ4n) is 2.66.